The summed E-state index contributed by atoms with van der Waals surface area (Å²) >= 11 is 0. The Morgan fingerprint density at radius 3 is 2.52 bits per heavy atom. The summed E-state index contributed by atoms with van der Waals surface area (Å²) in [5.74, 6) is 3.24. The van der Waals surface area contributed by atoms with Crippen LogP contribution in [0.2, 0.25) is 0 Å². The van der Waals surface area contributed by atoms with Gasteiger partial charge in [-0.05, 0) is 33.1 Å². The summed E-state index contributed by atoms with van der Waals surface area (Å²) in [4.78, 5) is 21.1. The molecule has 0 saturated carbocycles. The first-order valence-corrected chi connectivity index (χ1v) is 10.9. The van der Waals surface area contributed by atoms with Gasteiger partial charge >= 0.3 is 6.09 Å². The number of rotatable bonds is 6. The van der Waals surface area contributed by atoms with Crippen LogP contribution in [0.25, 0.3) is 0 Å². The largest absolute Gasteiger partial charge is 0.444 e. The number of alkyl carbamates (subject to hydrolysis) is 1. The van der Waals surface area contributed by atoms with Crippen LogP contribution in [0.15, 0.2) is 4.99 Å². The average molecular weight is 550 g/mol. The number of hydrogen-bond acceptors (Lipinski definition) is 5. The quantitative estimate of drug-likeness (QED) is 0.286. The number of nitrogens with one attached hydrogen (secondary N) is 3. The molecule has 0 aromatic carbocycles. The monoisotopic (exact) mass is 549 g/mol. The number of aryl methyl sites for hydroxylation is 1. The molecule has 10 heteroatoms. The van der Waals surface area contributed by atoms with E-state index in [1.165, 1.54) is 0 Å². The van der Waals surface area contributed by atoms with Gasteiger partial charge in [-0.1, -0.05) is 27.7 Å². The van der Waals surface area contributed by atoms with Crippen molar-refractivity contribution in [3.63, 3.8) is 0 Å². The second-order valence-corrected chi connectivity index (χ2v) is 9.55. The minimum absolute atomic E-state index is 0. The van der Waals surface area contributed by atoms with Crippen molar-refractivity contribution in [3.05, 3.63) is 11.6 Å². The molecule has 0 radical (unpaired) electrons. The maximum Gasteiger partial charge on any atom is 0.407 e. The van der Waals surface area contributed by atoms with Crippen molar-refractivity contribution >= 4 is 36.0 Å². The normalized spacial score (nSPS) is 17.6. The van der Waals surface area contributed by atoms with E-state index >= 15 is 0 Å². The fourth-order valence-electron chi connectivity index (χ4n) is 3.20. The van der Waals surface area contributed by atoms with E-state index in [-0.39, 0.29) is 42.0 Å². The first-order chi connectivity index (χ1) is 14.0. The average Bonchev–Trinajstić information content (AvgIpc) is 3.05. The highest BCUT2D eigenvalue weighted by Crippen LogP contribution is 2.17. The van der Waals surface area contributed by atoms with Crippen molar-refractivity contribution in [3.8, 4) is 0 Å². The summed E-state index contributed by atoms with van der Waals surface area (Å²) in [5.41, 5.74) is -0.521. The van der Waals surface area contributed by atoms with E-state index in [4.69, 9.17) is 4.74 Å². The number of halogens is 1. The van der Waals surface area contributed by atoms with Crippen molar-refractivity contribution < 1.29 is 9.53 Å². The van der Waals surface area contributed by atoms with Crippen molar-refractivity contribution in [1.29, 1.82) is 0 Å². The van der Waals surface area contributed by atoms with E-state index in [0.717, 1.165) is 31.0 Å². The number of nitrogens with zero attached hydrogens (tertiary/aromatic N) is 4. The van der Waals surface area contributed by atoms with E-state index in [2.05, 4.69) is 58.7 Å². The SMILES string of the molecule is CN=C(NCC(NC(=O)OC(C)(C)C)C(C)C)NC1CCc2nc(C(C)C)nn2C1.I. The lowest BCUT2D eigenvalue weighted by Gasteiger charge is -2.28. The van der Waals surface area contributed by atoms with E-state index in [1.807, 2.05) is 25.5 Å². The Kier molecular flexibility index (Phi) is 10.5. The highest BCUT2D eigenvalue weighted by Gasteiger charge is 2.24. The predicted molar refractivity (Wildman–Crippen MR) is 134 cm³/mol. The zero-order valence-electron chi connectivity index (χ0n) is 20.2. The van der Waals surface area contributed by atoms with Crippen molar-refractivity contribution in [1.82, 2.24) is 30.7 Å². The van der Waals surface area contributed by atoms with Gasteiger partial charge in [-0.3, -0.25) is 4.99 Å². The Hall–Kier alpha value is -1.59. The molecular weight excluding hydrogens is 509 g/mol. The highest BCUT2D eigenvalue weighted by atomic mass is 127. The Labute approximate surface area is 203 Å². The molecule has 2 rings (SSSR count). The molecule has 0 aliphatic carbocycles. The Bertz CT molecular complexity index is 741. The Morgan fingerprint density at radius 1 is 1.29 bits per heavy atom. The van der Waals surface area contributed by atoms with Crippen molar-refractivity contribution in [2.24, 2.45) is 10.9 Å². The van der Waals surface area contributed by atoms with Crippen LogP contribution >= 0.6 is 24.0 Å². The fourth-order valence-corrected chi connectivity index (χ4v) is 3.20. The summed E-state index contributed by atoms with van der Waals surface area (Å²) in [6.07, 6.45) is 1.46. The minimum atomic E-state index is -0.521. The Balaban J connectivity index is 0.00000480. The minimum Gasteiger partial charge on any atom is -0.444 e. The van der Waals surface area contributed by atoms with Gasteiger partial charge in [0.2, 0.25) is 0 Å². The zero-order chi connectivity index (χ0) is 22.5. The molecule has 2 atom stereocenters. The molecule has 0 saturated heterocycles. The second kappa shape index (κ2) is 11.9. The number of guanidine groups is 1. The number of amides is 1. The van der Waals surface area contributed by atoms with Gasteiger partial charge < -0.3 is 20.7 Å². The maximum atomic E-state index is 12.1. The molecule has 9 nitrogen and oxygen atoms in total. The van der Waals surface area contributed by atoms with E-state index in [0.29, 0.717) is 18.4 Å². The van der Waals surface area contributed by atoms with Crippen LogP contribution in [-0.2, 0) is 17.7 Å². The molecule has 0 fully saturated rings. The van der Waals surface area contributed by atoms with Crippen LogP contribution in [0.5, 0.6) is 0 Å². The number of hydrogen-bond donors (Lipinski definition) is 3. The number of carbonyl (C=O) groups is 1. The Morgan fingerprint density at radius 2 is 1.97 bits per heavy atom. The first kappa shape index (κ1) is 27.4. The molecule has 1 aliphatic heterocycles. The van der Waals surface area contributed by atoms with E-state index < -0.39 is 11.7 Å². The zero-order valence-corrected chi connectivity index (χ0v) is 22.5. The molecule has 0 bridgehead atoms. The van der Waals surface area contributed by atoms with Gasteiger partial charge in [0.15, 0.2) is 11.8 Å². The van der Waals surface area contributed by atoms with Gasteiger partial charge in [-0.25, -0.2) is 14.5 Å². The van der Waals surface area contributed by atoms with Gasteiger partial charge in [0.05, 0.1) is 12.6 Å². The van der Waals surface area contributed by atoms with Gasteiger partial charge in [-0.15, -0.1) is 24.0 Å². The van der Waals surface area contributed by atoms with Gasteiger partial charge in [0.25, 0.3) is 0 Å². The first-order valence-electron chi connectivity index (χ1n) is 10.9. The molecule has 0 spiro atoms. The number of aromatic nitrogens is 3. The maximum absolute atomic E-state index is 12.1. The molecule has 2 heterocycles. The number of ether oxygens (including phenoxy) is 1. The molecular formula is C21H40IN7O2. The lowest BCUT2D eigenvalue weighted by molar-refractivity contribution is 0.0491. The van der Waals surface area contributed by atoms with Crippen LogP contribution in [0.1, 0.15) is 72.5 Å². The number of aliphatic imine (C=N–C) groups is 1. The molecule has 1 aromatic heterocycles. The summed E-state index contributed by atoms with van der Waals surface area (Å²) in [6.45, 7) is 15.2. The summed E-state index contributed by atoms with van der Waals surface area (Å²) in [5, 5.41) is 14.4. The summed E-state index contributed by atoms with van der Waals surface area (Å²) in [7, 11) is 1.75. The molecule has 1 amide bonds. The molecule has 2 unspecified atom stereocenters. The molecule has 178 valence electrons. The highest BCUT2D eigenvalue weighted by molar-refractivity contribution is 14.0. The molecule has 31 heavy (non-hydrogen) atoms. The molecule has 1 aliphatic rings. The predicted octanol–water partition coefficient (Wildman–Crippen LogP) is 3.05. The molecule has 1 aromatic rings. The number of fused-ring (bicyclic) bond motifs is 1. The fraction of sp³-hybridized carbons (Fsp3) is 0.810. The summed E-state index contributed by atoms with van der Waals surface area (Å²) in [6, 6.07) is 0.141. The van der Waals surface area contributed by atoms with Crippen LogP contribution in [0.4, 0.5) is 4.79 Å². The third-order valence-corrected chi connectivity index (χ3v) is 4.95. The lowest BCUT2D eigenvalue weighted by atomic mass is 10.0. The van der Waals surface area contributed by atoms with E-state index in [1.54, 1.807) is 7.05 Å². The number of carbonyl (C=O) groups excluding carboxylic acids is 1. The third kappa shape index (κ3) is 8.82. The van der Waals surface area contributed by atoms with Crippen molar-refractivity contribution in [2.45, 2.75) is 91.5 Å². The topological polar surface area (TPSA) is 105 Å². The smallest absolute Gasteiger partial charge is 0.407 e. The molecule has 3 N–H and O–H groups in total. The summed E-state index contributed by atoms with van der Waals surface area (Å²) < 4.78 is 7.39. The van der Waals surface area contributed by atoms with Crippen LogP contribution < -0.4 is 16.0 Å². The van der Waals surface area contributed by atoms with Gasteiger partial charge in [-0.2, -0.15) is 5.10 Å². The van der Waals surface area contributed by atoms with Crippen LogP contribution in [-0.4, -0.2) is 58.1 Å². The third-order valence-electron chi connectivity index (χ3n) is 4.95. The van der Waals surface area contributed by atoms with E-state index in [9.17, 15) is 4.79 Å². The van der Waals surface area contributed by atoms with Crippen LogP contribution in [0, 0.1) is 5.92 Å². The van der Waals surface area contributed by atoms with Crippen molar-refractivity contribution in [2.75, 3.05) is 13.6 Å². The lowest BCUT2D eigenvalue weighted by Crippen LogP contribution is -2.52. The van der Waals surface area contributed by atoms with Gasteiger partial charge in [0.1, 0.15) is 11.4 Å². The second-order valence-electron chi connectivity index (χ2n) is 9.55. The standard InChI is InChI=1S/C21H39N7O2.HI/c1-13(2)16(25-20(29)30-21(5,6)7)11-23-19(22-8)24-15-9-10-17-26-18(14(3)4)27-28(17)12-15;/h13-16H,9-12H2,1-8H3,(H,25,29)(H2,22,23,24);1H. The van der Waals surface area contributed by atoms with Crippen LogP contribution in [0.3, 0.4) is 0 Å². The van der Waals surface area contributed by atoms with Gasteiger partial charge in [0, 0.05) is 32.0 Å².